The van der Waals surface area contributed by atoms with E-state index >= 15 is 0 Å². The third-order valence-electron chi connectivity index (χ3n) is 2.28. The second-order valence-corrected chi connectivity index (χ2v) is 4.52. The molecule has 0 spiro atoms. The fourth-order valence-corrected chi connectivity index (χ4v) is 1.95. The summed E-state index contributed by atoms with van der Waals surface area (Å²) in [5, 5.41) is 5.57. The molecular formula is C11H9Cl3N2. The summed E-state index contributed by atoms with van der Waals surface area (Å²) >= 11 is 17.8. The van der Waals surface area contributed by atoms with Crippen LogP contribution >= 0.6 is 34.8 Å². The Hall–Kier alpha value is -0.700. The molecule has 1 aromatic heterocycles. The van der Waals surface area contributed by atoms with Crippen molar-refractivity contribution >= 4 is 34.8 Å². The Morgan fingerprint density at radius 2 is 2.06 bits per heavy atom. The molecule has 0 amide bonds. The third-order valence-corrected chi connectivity index (χ3v) is 3.17. The Balaban J connectivity index is 2.57. The normalized spacial score (nSPS) is 10.8. The standard InChI is InChI=1S/C11H9Cl3N2/c1-7-10(14)6-16(15-7)11-4-9(13)3-2-8(11)5-12/h2-4,6H,5H2,1H3. The zero-order valence-corrected chi connectivity index (χ0v) is 10.8. The maximum atomic E-state index is 5.97. The molecule has 0 radical (unpaired) electrons. The number of aromatic nitrogens is 2. The van der Waals surface area contributed by atoms with E-state index in [4.69, 9.17) is 34.8 Å². The van der Waals surface area contributed by atoms with Crippen LogP contribution in [-0.4, -0.2) is 9.78 Å². The first kappa shape index (κ1) is 11.8. The summed E-state index contributed by atoms with van der Waals surface area (Å²) in [5.41, 5.74) is 2.60. The van der Waals surface area contributed by atoms with Crippen molar-refractivity contribution in [3.8, 4) is 5.69 Å². The van der Waals surface area contributed by atoms with E-state index in [0.29, 0.717) is 15.9 Å². The minimum Gasteiger partial charge on any atom is -0.239 e. The van der Waals surface area contributed by atoms with Gasteiger partial charge in [0.25, 0.3) is 0 Å². The third kappa shape index (κ3) is 2.19. The average molecular weight is 276 g/mol. The quantitative estimate of drug-likeness (QED) is 0.750. The summed E-state index contributed by atoms with van der Waals surface area (Å²) in [4.78, 5) is 0. The number of halogens is 3. The van der Waals surface area contributed by atoms with Gasteiger partial charge in [0.05, 0.1) is 16.4 Å². The summed E-state index contributed by atoms with van der Waals surface area (Å²) < 4.78 is 1.70. The predicted octanol–water partition coefficient (Wildman–Crippen LogP) is 4.23. The predicted molar refractivity (Wildman–Crippen MR) is 67.9 cm³/mol. The first-order valence-corrected chi connectivity index (χ1v) is 5.97. The number of hydrogen-bond donors (Lipinski definition) is 0. The lowest BCUT2D eigenvalue weighted by Gasteiger charge is -2.07. The van der Waals surface area contributed by atoms with Gasteiger partial charge in [0.1, 0.15) is 0 Å². The van der Waals surface area contributed by atoms with Gasteiger partial charge in [-0.3, -0.25) is 0 Å². The van der Waals surface area contributed by atoms with E-state index in [0.717, 1.165) is 16.9 Å². The van der Waals surface area contributed by atoms with Crippen LogP contribution in [0.1, 0.15) is 11.3 Å². The fraction of sp³-hybridized carbons (Fsp3) is 0.182. The summed E-state index contributed by atoms with van der Waals surface area (Å²) in [5.74, 6) is 0.406. The van der Waals surface area contributed by atoms with Crippen LogP contribution in [-0.2, 0) is 5.88 Å². The first-order chi connectivity index (χ1) is 7.61. The van der Waals surface area contributed by atoms with E-state index in [1.54, 1.807) is 16.9 Å². The molecule has 0 atom stereocenters. The number of aryl methyl sites for hydroxylation is 1. The van der Waals surface area contributed by atoms with Crippen LogP contribution in [0.15, 0.2) is 24.4 Å². The summed E-state index contributed by atoms with van der Waals surface area (Å²) in [6.07, 6.45) is 1.75. The van der Waals surface area contributed by atoms with E-state index in [1.807, 2.05) is 19.1 Å². The minimum absolute atomic E-state index is 0.406. The average Bonchev–Trinajstić information content (AvgIpc) is 2.59. The first-order valence-electron chi connectivity index (χ1n) is 4.68. The zero-order valence-electron chi connectivity index (χ0n) is 8.54. The molecule has 1 aromatic carbocycles. The van der Waals surface area contributed by atoms with E-state index in [-0.39, 0.29) is 0 Å². The fourth-order valence-electron chi connectivity index (χ4n) is 1.43. The highest BCUT2D eigenvalue weighted by Crippen LogP contribution is 2.23. The van der Waals surface area contributed by atoms with Crippen LogP contribution in [0.2, 0.25) is 10.0 Å². The van der Waals surface area contributed by atoms with Gasteiger partial charge < -0.3 is 0 Å². The lowest BCUT2D eigenvalue weighted by atomic mass is 10.2. The van der Waals surface area contributed by atoms with Crippen LogP contribution < -0.4 is 0 Å². The van der Waals surface area contributed by atoms with Crippen molar-refractivity contribution in [2.45, 2.75) is 12.8 Å². The van der Waals surface area contributed by atoms with Gasteiger partial charge in [0.15, 0.2) is 0 Å². The highest BCUT2D eigenvalue weighted by molar-refractivity contribution is 6.31. The smallest absolute Gasteiger partial charge is 0.0819 e. The van der Waals surface area contributed by atoms with E-state index in [1.165, 1.54) is 0 Å². The molecule has 0 N–H and O–H groups in total. The second-order valence-electron chi connectivity index (χ2n) is 3.41. The lowest BCUT2D eigenvalue weighted by Crippen LogP contribution is -1.99. The van der Waals surface area contributed by atoms with Crippen molar-refractivity contribution in [3.63, 3.8) is 0 Å². The van der Waals surface area contributed by atoms with Gasteiger partial charge in [-0.05, 0) is 24.6 Å². The number of hydrogen-bond acceptors (Lipinski definition) is 1. The van der Waals surface area contributed by atoms with Gasteiger partial charge in [-0.25, -0.2) is 4.68 Å². The van der Waals surface area contributed by atoms with E-state index < -0.39 is 0 Å². The summed E-state index contributed by atoms with van der Waals surface area (Å²) in [6, 6.07) is 5.51. The van der Waals surface area contributed by atoms with Gasteiger partial charge in [0, 0.05) is 17.1 Å². The van der Waals surface area contributed by atoms with E-state index in [2.05, 4.69) is 5.10 Å². The molecule has 0 unspecified atom stereocenters. The van der Waals surface area contributed by atoms with Crippen LogP contribution in [0.3, 0.4) is 0 Å². The Kier molecular flexibility index (Phi) is 3.43. The van der Waals surface area contributed by atoms with Gasteiger partial charge in [0.2, 0.25) is 0 Å². The molecule has 2 nitrogen and oxygen atoms in total. The monoisotopic (exact) mass is 274 g/mol. The summed E-state index contributed by atoms with van der Waals surface area (Å²) in [6.45, 7) is 1.85. The minimum atomic E-state index is 0.406. The number of nitrogens with zero attached hydrogens (tertiary/aromatic N) is 2. The van der Waals surface area contributed by atoms with Crippen LogP contribution in [0, 0.1) is 6.92 Å². The molecule has 0 aliphatic heterocycles. The van der Waals surface area contributed by atoms with Gasteiger partial charge >= 0.3 is 0 Å². The molecule has 84 valence electrons. The van der Waals surface area contributed by atoms with Gasteiger partial charge in [-0.2, -0.15) is 5.10 Å². The number of benzene rings is 1. The van der Waals surface area contributed by atoms with E-state index in [9.17, 15) is 0 Å². The topological polar surface area (TPSA) is 17.8 Å². The van der Waals surface area contributed by atoms with Crippen molar-refractivity contribution in [1.29, 1.82) is 0 Å². The van der Waals surface area contributed by atoms with Crippen molar-refractivity contribution < 1.29 is 0 Å². The highest BCUT2D eigenvalue weighted by Gasteiger charge is 2.08. The molecule has 5 heteroatoms. The highest BCUT2D eigenvalue weighted by atomic mass is 35.5. The van der Waals surface area contributed by atoms with Crippen molar-refractivity contribution in [3.05, 3.63) is 45.7 Å². The molecule has 0 aliphatic carbocycles. The molecule has 1 heterocycles. The van der Waals surface area contributed by atoms with Crippen molar-refractivity contribution in [2.75, 3.05) is 0 Å². The molecule has 16 heavy (non-hydrogen) atoms. The van der Waals surface area contributed by atoms with Gasteiger partial charge in [-0.15, -0.1) is 11.6 Å². The Morgan fingerprint density at radius 3 is 2.62 bits per heavy atom. The second kappa shape index (κ2) is 4.66. The Bertz CT molecular complexity index is 500. The molecule has 0 saturated heterocycles. The molecule has 0 saturated carbocycles. The summed E-state index contributed by atoms with van der Waals surface area (Å²) in [7, 11) is 0. The number of rotatable bonds is 2. The molecule has 2 aromatic rings. The van der Waals surface area contributed by atoms with Crippen LogP contribution in [0.25, 0.3) is 5.69 Å². The SMILES string of the molecule is Cc1nn(-c2cc(Cl)ccc2CCl)cc1Cl. The van der Waals surface area contributed by atoms with Crippen molar-refractivity contribution in [2.24, 2.45) is 0 Å². The zero-order chi connectivity index (χ0) is 11.7. The maximum Gasteiger partial charge on any atom is 0.0819 e. The van der Waals surface area contributed by atoms with Gasteiger partial charge in [-0.1, -0.05) is 29.3 Å². The van der Waals surface area contributed by atoms with Crippen LogP contribution in [0.4, 0.5) is 0 Å². The molecule has 0 bridgehead atoms. The lowest BCUT2D eigenvalue weighted by molar-refractivity contribution is 0.854. The maximum absolute atomic E-state index is 5.97. The molecule has 0 aliphatic rings. The largest absolute Gasteiger partial charge is 0.239 e. The molecule has 0 fully saturated rings. The Labute approximate surface area is 109 Å². The van der Waals surface area contributed by atoms with Crippen LogP contribution in [0.5, 0.6) is 0 Å². The molecule has 2 rings (SSSR count). The number of alkyl halides is 1. The molecular weight excluding hydrogens is 266 g/mol. The Morgan fingerprint density at radius 1 is 1.31 bits per heavy atom. The van der Waals surface area contributed by atoms with Crippen molar-refractivity contribution in [1.82, 2.24) is 9.78 Å².